The molecule has 8 aromatic rings. The summed E-state index contributed by atoms with van der Waals surface area (Å²) in [5.74, 6) is 0. The molecule has 8 aromatic carbocycles. The van der Waals surface area contributed by atoms with E-state index in [4.69, 9.17) is 0 Å². The van der Waals surface area contributed by atoms with Crippen LogP contribution in [-0.2, 0) is 5.41 Å². The van der Waals surface area contributed by atoms with Crippen molar-refractivity contribution in [3.63, 3.8) is 0 Å². The lowest BCUT2D eigenvalue weighted by Crippen LogP contribution is -2.26. The van der Waals surface area contributed by atoms with E-state index >= 15 is 0 Å². The Labute approximate surface area is 275 Å². The van der Waals surface area contributed by atoms with Gasteiger partial charge in [0.1, 0.15) is 0 Å². The first-order chi connectivity index (χ1) is 23.3. The van der Waals surface area contributed by atoms with Crippen molar-refractivity contribution in [1.82, 2.24) is 0 Å². The fourth-order valence-corrected chi connectivity index (χ4v) is 8.74. The summed E-state index contributed by atoms with van der Waals surface area (Å²) in [6, 6.07) is 63.0. The van der Waals surface area contributed by atoms with Gasteiger partial charge in [0.15, 0.2) is 0 Å². The lowest BCUT2D eigenvalue weighted by atomic mass is 9.69. The molecule has 0 atom stereocenters. The van der Waals surface area contributed by atoms with Crippen LogP contribution in [0.4, 0.5) is 17.1 Å². The molecule has 10 rings (SSSR count). The highest BCUT2D eigenvalue weighted by Gasteiger charge is 2.53. The van der Waals surface area contributed by atoms with Crippen LogP contribution < -0.4 is 4.90 Å². The number of nitrogens with zero attached hydrogens (tertiary/aromatic N) is 1. The Bertz CT molecular complexity index is 2500. The molecule has 1 heteroatoms. The fourth-order valence-electron chi connectivity index (χ4n) is 8.74. The molecule has 0 saturated carbocycles. The average molecular weight is 598 g/mol. The van der Waals surface area contributed by atoms with Crippen molar-refractivity contribution in [2.75, 3.05) is 4.90 Å². The predicted molar refractivity (Wildman–Crippen MR) is 197 cm³/mol. The van der Waals surface area contributed by atoms with E-state index in [0.29, 0.717) is 0 Å². The zero-order chi connectivity index (χ0) is 31.1. The van der Waals surface area contributed by atoms with Gasteiger partial charge in [0, 0.05) is 16.8 Å². The van der Waals surface area contributed by atoms with Crippen molar-refractivity contribution in [2.45, 2.75) is 12.3 Å². The zero-order valence-corrected chi connectivity index (χ0v) is 26.1. The second kappa shape index (κ2) is 9.79. The van der Waals surface area contributed by atoms with Crippen LogP contribution in [-0.4, -0.2) is 0 Å². The molecule has 0 fully saturated rings. The van der Waals surface area contributed by atoms with E-state index in [0.717, 1.165) is 5.69 Å². The highest BCUT2D eigenvalue weighted by atomic mass is 15.1. The molecule has 0 aliphatic heterocycles. The van der Waals surface area contributed by atoms with Gasteiger partial charge < -0.3 is 4.90 Å². The van der Waals surface area contributed by atoms with Gasteiger partial charge in [-0.25, -0.2) is 0 Å². The van der Waals surface area contributed by atoms with Crippen LogP contribution in [0.25, 0.3) is 43.8 Å². The number of para-hydroxylation sites is 2. The van der Waals surface area contributed by atoms with E-state index in [2.05, 4.69) is 182 Å². The summed E-state index contributed by atoms with van der Waals surface area (Å²) in [7, 11) is 0. The normalized spacial score (nSPS) is 13.4. The van der Waals surface area contributed by atoms with Gasteiger partial charge in [-0.15, -0.1) is 0 Å². The van der Waals surface area contributed by atoms with Crippen molar-refractivity contribution in [2.24, 2.45) is 0 Å². The topological polar surface area (TPSA) is 3.24 Å². The van der Waals surface area contributed by atoms with Crippen LogP contribution in [0.3, 0.4) is 0 Å². The molecule has 0 amide bonds. The van der Waals surface area contributed by atoms with Crippen LogP contribution in [0, 0.1) is 6.92 Å². The van der Waals surface area contributed by atoms with Gasteiger partial charge in [-0.3, -0.25) is 0 Å². The third-order valence-electron chi connectivity index (χ3n) is 10.6. The molecule has 2 aliphatic rings. The highest BCUT2D eigenvalue weighted by molar-refractivity contribution is 6.14. The first kappa shape index (κ1) is 26.3. The Kier molecular flexibility index (Phi) is 5.48. The van der Waals surface area contributed by atoms with Crippen LogP contribution in [0.2, 0.25) is 0 Å². The molecule has 0 unspecified atom stereocenters. The monoisotopic (exact) mass is 597 g/mol. The summed E-state index contributed by atoms with van der Waals surface area (Å²) in [4.78, 5) is 2.47. The number of hydrogen-bond donors (Lipinski definition) is 0. The average Bonchev–Trinajstić information content (AvgIpc) is 3.60. The molecule has 0 bridgehead atoms. The quantitative estimate of drug-likeness (QED) is 0.196. The third-order valence-corrected chi connectivity index (χ3v) is 10.6. The van der Waals surface area contributed by atoms with Gasteiger partial charge in [-0.2, -0.15) is 0 Å². The van der Waals surface area contributed by atoms with Gasteiger partial charge >= 0.3 is 0 Å². The van der Waals surface area contributed by atoms with Gasteiger partial charge in [0.05, 0.1) is 11.1 Å². The molecule has 47 heavy (non-hydrogen) atoms. The summed E-state index contributed by atoms with van der Waals surface area (Å²) in [5, 5.41) is 5.12. The van der Waals surface area contributed by atoms with E-state index in [1.807, 2.05) is 0 Å². The maximum atomic E-state index is 2.53. The number of benzene rings is 8. The molecule has 0 heterocycles. The minimum atomic E-state index is -0.467. The van der Waals surface area contributed by atoms with Gasteiger partial charge in [-0.05, 0) is 97.4 Å². The Morgan fingerprint density at radius 1 is 0.426 bits per heavy atom. The van der Waals surface area contributed by atoms with Crippen LogP contribution in [0.15, 0.2) is 170 Å². The predicted octanol–water partition coefficient (Wildman–Crippen LogP) is 12.1. The maximum Gasteiger partial charge on any atom is 0.0732 e. The molecular weight excluding hydrogens is 567 g/mol. The lowest BCUT2D eigenvalue weighted by molar-refractivity contribution is 0.802. The molecule has 1 nitrogen and oxygen atoms in total. The Balaban J connectivity index is 1.43. The number of rotatable bonds is 3. The first-order valence-corrected chi connectivity index (χ1v) is 16.5. The van der Waals surface area contributed by atoms with Crippen molar-refractivity contribution in [3.8, 4) is 22.3 Å². The third kappa shape index (κ3) is 3.43. The van der Waals surface area contributed by atoms with E-state index in [9.17, 15) is 0 Å². The molecule has 0 radical (unpaired) electrons. The van der Waals surface area contributed by atoms with Gasteiger partial charge in [-0.1, -0.05) is 146 Å². The fraction of sp³-hybridized carbons (Fsp3) is 0.0435. The molecule has 0 N–H and O–H groups in total. The molecule has 2 aliphatic carbocycles. The minimum absolute atomic E-state index is 0.467. The Morgan fingerprint density at radius 3 is 1.77 bits per heavy atom. The largest absolute Gasteiger partial charge is 0.310 e. The number of fused-ring (bicyclic) bond motifs is 14. The summed E-state index contributed by atoms with van der Waals surface area (Å²) in [6.45, 7) is 2.22. The van der Waals surface area contributed by atoms with Crippen LogP contribution >= 0.6 is 0 Å². The summed E-state index contributed by atoms with van der Waals surface area (Å²) in [5.41, 5.74) is 15.1. The maximum absolute atomic E-state index is 2.53. The molecule has 220 valence electrons. The number of hydrogen-bond acceptors (Lipinski definition) is 1. The highest BCUT2D eigenvalue weighted by Crippen LogP contribution is 2.66. The van der Waals surface area contributed by atoms with Gasteiger partial charge in [0.25, 0.3) is 0 Å². The Hall–Kier alpha value is -5.92. The van der Waals surface area contributed by atoms with Gasteiger partial charge in [0.2, 0.25) is 0 Å². The summed E-state index contributed by atoms with van der Waals surface area (Å²) >= 11 is 0. The van der Waals surface area contributed by atoms with Crippen molar-refractivity contribution >= 4 is 38.6 Å². The summed E-state index contributed by atoms with van der Waals surface area (Å²) < 4.78 is 0. The van der Waals surface area contributed by atoms with Crippen molar-refractivity contribution in [3.05, 3.63) is 198 Å². The van der Waals surface area contributed by atoms with Crippen molar-refractivity contribution in [1.29, 1.82) is 0 Å². The first-order valence-electron chi connectivity index (χ1n) is 16.5. The zero-order valence-electron chi connectivity index (χ0n) is 26.1. The molecular formula is C46H31N. The molecule has 0 aromatic heterocycles. The smallest absolute Gasteiger partial charge is 0.0732 e. The molecule has 0 saturated heterocycles. The standard InChI is InChI=1S/C46H31N/c1-30-15-5-14-26-42(30)47(32-17-3-2-4-18-32)43-29-41-44(37-23-9-8-22-36(37)43)38-28-27-31-16-6-7-19-33(31)45(38)46(41)39-24-12-10-20-34(39)35-21-11-13-25-40(35)46/h2-29H,1H3. The van der Waals surface area contributed by atoms with E-state index in [1.54, 1.807) is 0 Å². The Morgan fingerprint density at radius 2 is 1.02 bits per heavy atom. The number of aryl methyl sites for hydroxylation is 1. The van der Waals surface area contributed by atoms with E-state index in [1.165, 1.54) is 83.0 Å². The van der Waals surface area contributed by atoms with Crippen LogP contribution in [0.1, 0.15) is 27.8 Å². The van der Waals surface area contributed by atoms with E-state index < -0.39 is 5.41 Å². The SMILES string of the molecule is Cc1ccccc1N(c1ccccc1)c1cc2c(c3ccccc13)-c1ccc3ccccc3c1C21c2ccccc2-c2ccccc21. The number of anilines is 3. The van der Waals surface area contributed by atoms with Crippen LogP contribution in [0.5, 0.6) is 0 Å². The second-order valence-corrected chi connectivity index (χ2v) is 12.9. The second-order valence-electron chi connectivity index (χ2n) is 12.9. The van der Waals surface area contributed by atoms with Crippen molar-refractivity contribution < 1.29 is 0 Å². The molecule has 1 spiro atoms. The summed E-state index contributed by atoms with van der Waals surface area (Å²) in [6.07, 6.45) is 0. The van der Waals surface area contributed by atoms with E-state index in [-0.39, 0.29) is 0 Å². The minimum Gasteiger partial charge on any atom is -0.310 e. The lowest BCUT2D eigenvalue weighted by Gasteiger charge is -2.34.